The Hall–Kier alpha value is -3.05. The topological polar surface area (TPSA) is 68.2 Å². The van der Waals surface area contributed by atoms with Gasteiger partial charge >= 0.3 is 0 Å². The van der Waals surface area contributed by atoms with Crippen molar-refractivity contribution in [2.45, 2.75) is 39.0 Å². The molecule has 0 spiro atoms. The van der Waals surface area contributed by atoms with Crippen LogP contribution in [-0.2, 0) is 11.8 Å². The number of benzene rings is 1. The summed E-state index contributed by atoms with van der Waals surface area (Å²) >= 11 is 6.25. The maximum atomic E-state index is 13.5. The van der Waals surface area contributed by atoms with E-state index in [2.05, 4.69) is 11.2 Å². The van der Waals surface area contributed by atoms with Gasteiger partial charge in [-0.05, 0) is 43.2 Å². The molecule has 1 aliphatic carbocycles. The van der Waals surface area contributed by atoms with Gasteiger partial charge in [0.05, 0.1) is 5.56 Å². The first-order chi connectivity index (χ1) is 14.8. The fraction of sp³-hybridized carbons (Fsp3) is 0.348. The monoisotopic (exact) mass is 464 g/mol. The Bertz CT molecular complexity index is 1190. The molecule has 1 aromatic carbocycles. The average Bonchev–Trinajstić information content (AvgIpc) is 2.91. The van der Waals surface area contributed by atoms with Crippen LogP contribution >= 0.6 is 11.6 Å². The molecule has 1 saturated carbocycles. The van der Waals surface area contributed by atoms with Crippen LogP contribution in [0.1, 0.15) is 51.2 Å². The SMILES string of the molecule is C#CC1(CC(=O)C(=O)c2c(C)c(C(=O)Nc3ccc(F)c(C)c3)n(C)c2Cl)CC(F)(F)C1. The number of nitrogens with zero attached hydrogens (tertiary/aromatic N) is 1. The summed E-state index contributed by atoms with van der Waals surface area (Å²) in [6, 6.07) is 4.02. The Morgan fingerprint density at radius 2 is 1.88 bits per heavy atom. The van der Waals surface area contributed by atoms with Crippen LogP contribution in [0.25, 0.3) is 0 Å². The lowest BCUT2D eigenvalue weighted by Gasteiger charge is -2.43. The van der Waals surface area contributed by atoms with Gasteiger partial charge in [-0.25, -0.2) is 13.2 Å². The number of ketones is 2. The molecule has 1 aromatic heterocycles. The zero-order valence-corrected chi connectivity index (χ0v) is 18.4. The number of hydrogen-bond donors (Lipinski definition) is 1. The van der Waals surface area contributed by atoms with Gasteiger partial charge in [0.15, 0.2) is 0 Å². The Kier molecular flexibility index (Phi) is 6.00. The van der Waals surface area contributed by atoms with Gasteiger partial charge in [-0.3, -0.25) is 14.4 Å². The number of carbonyl (C=O) groups is 3. The number of anilines is 1. The molecule has 0 bridgehead atoms. The van der Waals surface area contributed by atoms with E-state index in [4.69, 9.17) is 18.0 Å². The molecule has 3 rings (SSSR count). The number of nitrogens with one attached hydrogen (secondary N) is 1. The third-order valence-corrected chi connectivity index (χ3v) is 6.12. The van der Waals surface area contributed by atoms with Crippen molar-refractivity contribution >= 4 is 34.8 Å². The first kappa shape index (κ1) is 23.6. The van der Waals surface area contributed by atoms with Crippen molar-refractivity contribution in [2.24, 2.45) is 12.5 Å². The number of carbonyl (C=O) groups excluding carboxylic acids is 3. The summed E-state index contributed by atoms with van der Waals surface area (Å²) in [5.74, 6) is -3.73. The average molecular weight is 465 g/mol. The van der Waals surface area contributed by atoms with Crippen molar-refractivity contribution in [3.63, 3.8) is 0 Å². The van der Waals surface area contributed by atoms with E-state index >= 15 is 0 Å². The van der Waals surface area contributed by atoms with Crippen molar-refractivity contribution in [1.29, 1.82) is 0 Å². The molecular formula is C23H20ClF3N2O3. The lowest BCUT2D eigenvalue weighted by Crippen LogP contribution is -2.47. The molecule has 2 aromatic rings. The number of terminal acetylenes is 1. The van der Waals surface area contributed by atoms with Gasteiger partial charge in [-0.2, -0.15) is 0 Å². The van der Waals surface area contributed by atoms with Crippen molar-refractivity contribution in [3.8, 4) is 12.3 Å². The van der Waals surface area contributed by atoms with Crippen LogP contribution in [-0.4, -0.2) is 28.0 Å². The first-order valence-corrected chi connectivity index (χ1v) is 10.0. The number of halogens is 4. The molecule has 1 heterocycles. The molecule has 1 fully saturated rings. The van der Waals surface area contributed by atoms with Crippen LogP contribution in [0.5, 0.6) is 0 Å². The summed E-state index contributed by atoms with van der Waals surface area (Å²) in [4.78, 5) is 38.2. The molecule has 5 nitrogen and oxygen atoms in total. The maximum Gasteiger partial charge on any atom is 0.272 e. The molecule has 0 radical (unpaired) electrons. The van der Waals surface area contributed by atoms with Gasteiger partial charge < -0.3 is 9.88 Å². The molecule has 1 aliphatic rings. The number of Topliss-reactive ketones (excluding diaryl/α,β-unsaturated/α-hetero) is 2. The fourth-order valence-electron chi connectivity index (χ4n) is 4.03. The van der Waals surface area contributed by atoms with Gasteiger partial charge in [0, 0.05) is 37.4 Å². The molecule has 168 valence electrons. The van der Waals surface area contributed by atoms with Crippen molar-refractivity contribution < 1.29 is 27.6 Å². The van der Waals surface area contributed by atoms with Crippen LogP contribution in [0.4, 0.5) is 18.9 Å². The highest BCUT2D eigenvalue weighted by Gasteiger charge is 2.56. The highest BCUT2D eigenvalue weighted by Crippen LogP contribution is 2.53. The minimum Gasteiger partial charge on any atom is -0.330 e. The predicted octanol–water partition coefficient (Wildman–Crippen LogP) is 4.88. The van der Waals surface area contributed by atoms with Gasteiger partial charge in [-0.1, -0.05) is 17.5 Å². The third-order valence-electron chi connectivity index (χ3n) is 5.68. The second-order valence-corrected chi connectivity index (χ2v) is 8.54. The molecule has 1 N–H and O–H groups in total. The molecular weight excluding hydrogens is 445 g/mol. The highest BCUT2D eigenvalue weighted by molar-refractivity contribution is 6.48. The number of hydrogen-bond acceptors (Lipinski definition) is 3. The predicted molar refractivity (Wildman–Crippen MR) is 114 cm³/mol. The van der Waals surface area contributed by atoms with E-state index in [1.165, 1.54) is 36.7 Å². The van der Waals surface area contributed by atoms with Crippen LogP contribution in [0.3, 0.4) is 0 Å². The van der Waals surface area contributed by atoms with Crippen LogP contribution in [0.15, 0.2) is 18.2 Å². The van der Waals surface area contributed by atoms with E-state index in [9.17, 15) is 27.6 Å². The summed E-state index contributed by atoms with van der Waals surface area (Å²) in [5, 5.41) is 2.46. The summed E-state index contributed by atoms with van der Waals surface area (Å²) in [5.41, 5.74) is -0.716. The van der Waals surface area contributed by atoms with Crippen molar-refractivity contribution in [2.75, 3.05) is 5.32 Å². The minimum absolute atomic E-state index is 0.0231. The smallest absolute Gasteiger partial charge is 0.272 e. The third kappa shape index (κ3) is 4.17. The van der Waals surface area contributed by atoms with E-state index in [-0.39, 0.29) is 22.0 Å². The number of aryl methyl sites for hydroxylation is 1. The second kappa shape index (κ2) is 8.14. The molecule has 1 amide bonds. The molecule has 0 atom stereocenters. The summed E-state index contributed by atoms with van der Waals surface area (Å²) in [6.45, 7) is 2.99. The normalized spacial score (nSPS) is 16.1. The van der Waals surface area contributed by atoms with Crippen LogP contribution < -0.4 is 5.32 Å². The molecule has 32 heavy (non-hydrogen) atoms. The minimum atomic E-state index is -2.96. The van der Waals surface area contributed by atoms with E-state index < -0.39 is 53.9 Å². The van der Waals surface area contributed by atoms with E-state index in [0.29, 0.717) is 11.3 Å². The van der Waals surface area contributed by atoms with Crippen molar-refractivity contribution in [1.82, 2.24) is 4.57 Å². The molecule has 9 heteroatoms. The van der Waals surface area contributed by atoms with Gasteiger partial charge in [0.25, 0.3) is 11.8 Å². The van der Waals surface area contributed by atoms with Crippen LogP contribution in [0.2, 0.25) is 5.15 Å². The number of rotatable bonds is 6. The number of aromatic nitrogens is 1. The zero-order chi connectivity index (χ0) is 24.0. The van der Waals surface area contributed by atoms with Crippen molar-refractivity contribution in [3.05, 3.63) is 51.6 Å². The largest absolute Gasteiger partial charge is 0.330 e. The Labute approximate surface area is 187 Å². The number of amides is 1. The Morgan fingerprint density at radius 3 is 2.41 bits per heavy atom. The Morgan fingerprint density at radius 1 is 1.25 bits per heavy atom. The molecule has 0 aliphatic heterocycles. The van der Waals surface area contributed by atoms with Gasteiger partial charge in [0.2, 0.25) is 11.6 Å². The Balaban J connectivity index is 1.86. The van der Waals surface area contributed by atoms with E-state index in [0.717, 1.165) is 0 Å². The first-order valence-electron chi connectivity index (χ1n) is 9.66. The molecule has 0 unspecified atom stereocenters. The summed E-state index contributed by atoms with van der Waals surface area (Å²) in [6.07, 6.45) is 3.49. The van der Waals surface area contributed by atoms with Gasteiger partial charge in [0.1, 0.15) is 16.7 Å². The van der Waals surface area contributed by atoms with Crippen LogP contribution in [0, 0.1) is 37.4 Å². The lowest BCUT2D eigenvalue weighted by atomic mass is 9.63. The second-order valence-electron chi connectivity index (χ2n) is 8.18. The molecule has 0 saturated heterocycles. The number of alkyl halides is 2. The quantitative estimate of drug-likeness (QED) is 0.376. The highest BCUT2D eigenvalue weighted by atomic mass is 35.5. The lowest BCUT2D eigenvalue weighted by molar-refractivity contribution is -0.146. The fourth-order valence-corrected chi connectivity index (χ4v) is 4.35. The van der Waals surface area contributed by atoms with E-state index in [1.807, 2.05) is 0 Å². The standard InChI is InChI=1S/C23H20ClF3N2O3/c1-5-22(10-23(26,27)11-22)9-16(30)19(31)17-13(3)18(29(4)20(17)24)21(32)28-14-6-7-15(25)12(2)8-14/h1,6-8H,9-11H2,2-4H3,(H,28,32). The summed E-state index contributed by atoms with van der Waals surface area (Å²) in [7, 11) is 1.44. The summed E-state index contributed by atoms with van der Waals surface area (Å²) < 4.78 is 41.3. The maximum absolute atomic E-state index is 13.5. The zero-order valence-electron chi connectivity index (χ0n) is 17.6. The van der Waals surface area contributed by atoms with E-state index in [1.54, 1.807) is 6.92 Å². The van der Waals surface area contributed by atoms with Gasteiger partial charge in [-0.15, -0.1) is 6.42 Å².